The van der Waals surface area contributed by atoms with Gasteiger partial charge in [0, 0.05) is 24.4 Å². The highest BCUT2D eigenvalue weighted by Gasteiger charge is 2.00. The van der Waals surface area contributed by atoms with E-state index in [1.807, 2.05) is 12.1 Å². The molecular formula is C10H11N5. The minimum atomic E-state index is 0.538. The number of pyridine rings is 1. The van der Waals surface area contributed by atoms with Crippen LogP contribution in [0.15, 0.2) is 30.7 Å². The minimum Gasteiger partial charge on any atom is -0.330 e. The monoisotopic (exact) mass is 201 g/mol. The van der Waals surface area contributed by atoms with Gasteiger partial charge < -0.3 is 5.73 Å². The molecule has 0 amide bonds. The molecule has 2 aromatic heterocycles. The van der Waals surface area contributed by atoms with Crippen molar-refractivity contribution in [1.82, 2.24) is 20.2 Å². The first kappa shape index (κ1) is 9.67. The third-order valence-electron chi connectivity index (χ3n) is 1.95. The molecular weight excluding hydrogens is 190 g/mol. The fourth-order valence-electron chi connectivity index (χ4n) is 1.20. The van der Waals surface area contributed by atoms with Gasteiger partial charge in [0.15, 0.2) is 5.82 Å². The van der Waals surface area contributed by atoms with Crippen molar-refractivity contribution in [3.05, 3.63) is 36.5 Å². The molecule has 0 fully saturated rings. The standard InChI is InChI=1S/C10H11N5/c11-4-1-10-13-7-9(14-15-10)8-2-5-12-6-3-8/h2-3,5-7H,1,4,11H2. The van der Waals surface area contributed by atoms with E-state index in [1.165, 1.54) is 0 Å². The Labute approximate surface area is 87.4 Å². The molecule has 0 saturated heterocycles. The predicted molar refractivity (Wildman–Crippen MR) is 55.8 cm³/mol. The van der Waals surface area contributed by atoms with Crippen LogP contribution >= 0.6 is 0 Å². The lowest BCUT2D eigenvalue weighted by molar-refractivity contribution is 0.813. The lowest BCUT2D eigenvalue weighted by Gasteiger charge is -1.99. The van der Waals surface area contributed by atoms with Crippen LogP contribution in [0.4, 0.5) is 0 Å². The van der Waals surface area contributed by atoms with Gasteiger partial charge in [0.1, 0.15) is 5.69 Å². The van der Waals surface area contributed by atoms with Crippen LogP contribution < -0.4 is 5.73 Å². The maximum atomic E-state index is 5.39. The van der Waals surface area contributed by atoms with Crippen molar-refractivity contribution in [2.24, 2.45) is 5.73 Å². The van der Waals surface area contributed by atoms with Crippen molar-refractivity contribution in [2.75, 3.05) is 6.54 Å². The second kappa shape index (κ2) is 4.56. The molecule has 0 saturated carbocycles. The number of nitrogens with two attached hydrogens (primary N) is 1. The summed E-state index contributed by atoms with van der Waals surface area (Å²) >= 11 is 0. The van der Waals surface area contributed by atoms with Gasteiger partial charge in [0.05, 0.1) is 6.20 Å². The topological polar surface area (TPSA) is 77.6 Å². The highest BCUT2D eigenvalue weighted by molar-refractivity contribution is 5.56. The molecule has 5 heteroatoms. The number of hydrogen-bond donors (Lipinski definition) is 1. The van der Waals surface area contributed by atoms with Gasteiger partial charge >= 0.3 is 0 Å². The fraction of sp³-hybridized carbons (Fsp3) is 0.200. The molecule has 0 aromatic carbocycles. The fourth-order valence-corrected chi connectivity index (χ4v) is 1.20. The van der Waals surface area contributed by atoms with Gasteiger partial charge in [0.25, 0.3) is 0 Å². The Hall–Kier alpha value is -1.88. The molecule has 5 nitrogen and oxygen atoms in total. The van der Waals surface area contributed by atoms with Crippen molar-refractivity contribution >= 4 is 0 Å². The molecule has 2 aromatic rings. The molecule has 0 radical (unpaired) electrons. The number of aromatic nitrogens is 4. The van der Waals surface area contributed by atoms with Crippen LogP contribution in [0.5, 0.6) is 0 Å². The van der Waals surface area contributed by atoms with Gasteiger partial charge in [-0.1, -0.05) is 0 Å². The first-order valence-corrected chi connectivity index (χ1v) is 4.69. The highest BCUT2D eigenvalue weighted by atomic mass is 15.2. The highest BCUT2D eigenvalue weighted by Crippen LogP contribution is 2.12. The van der Waals surface area contributed by atoms with Crippen molar-refractivity contribution in [3.63, 3.8) is 0 Å². The summed E-state index contributed by atoms with van der Waals surface area (Å²) in [6.07, 6.45) is 5.78. The zero-order valence-corrected chi connectivity index (χ0v) is 8.17. The average molecular weight is 201 g/mol. The molecule has 0 spiro atoms. The average Bonchev–Trinajstić information content (AvgIpc) is 2.32. The normalized spacial score (nSPS) is 10.2. The van der Waals surface area contributed by atoms with Crippen molar-refractivity contribution in [1.29, 1.82) is 0 Å². The van der Waals surface area contributed by atoms with Crippen molar-refractivity contribution in [2.45, 2.75) is 6.42 Å². The summed E-state index contributed by atoms with van der Waals surface area (Å²) in [6, 6.07) is 3.74. The molecule has 0 bridgehead atoms. The zero-order valence-electron chi connectivity index (χ0n) is 8.17. The summed E-state index contributed by atoms with van der Waals surface area (Å²) in [5.41, 5.74) is 7.10. The van der Waals surface area contributed by atoms with Crippen LogP contribution in [0.1, 0.15) is 5.82 Å². The first-order valence-electron chi connectivity index (χ1n) is 4.69. The predicted octanol–water partition coefficient (Wildman–Crippen LogP) is 0.435. The zero-order chi connectivity index (χ0) is 10.5. The molecule has 0 aliphatic carbocycles. The van der Waals surface area contributed by atoms with E-state index in [-0.39, 0.29) is 0 Å². The molecule has 0 atom stereocenters. The Kier molecular flexibility index (Phi) is 2.94. The molecule has 2 N–H and O–H groups in total. The van der Waals surface area contributed by atoms with E-state index in [2.05, 4.69) is 20.2 Å². The summed E-state index contributed by atoms with van der Waals surface area (Å²) in [5, 5.41) is 8.06. The van der Waals surface area contributed by atoms with Crippen LogP contribution in [0.2, 0.25) is 0 Å². The van der Waals surface area contributed by atoms with Crippen molar-refractivity contribution < 1.29 is 0 Å². The van der Waals surface area contributed by atoms with E-state index >= 15 is 0 Å². The van der Waals surface area contributed by atoms with Gasteiger partial charge in [0.2, 0.25) is 0 Å². The maximum absolute atomic E-state index is 5.39. The Morgan fingerprint density at radius 2 is 1.93 bits per heavy atom. The van der Waals surface area contributed by atoms with E-state index < -0.39 is 0 Å². The Bertz CT molecular complexity index is 412. The molecule has 0 aliphatic rings. The van der Waals surface area contributed by atoms with Crippen molar-refractivity contribution in [3.8, 4) is 11.3 Å². The van der Waals surface area contributed by atoms with Crippen LogP contribution in [0, 0.1) is 0 Å². The second-order valence-electron chi connectivity index (χ2n) is 3.03. The summed E-state index contributed by atoms with van der Waals surface area (Å²) in [6.45, 7) is 0.538. The maximum Gasteiger partial charge on any atom is 0.152 e. The molecule has 2 rings (SSSR count). The Morgan fingerprint density at radius 1 is 1.13 bits per heavy atom. The van der Waals surface area contributed by atoms with Crippen LogP contribution in [-0.4, -0.2) is 26.7 Å². The second-order valence-corrected chi connectivity index (χ2v) is 3.03. The number of rotatable bonds is 3. The number of hydrogen-bond acceptors (Lipinski definition) is 5. The lowest BCUT2D eigenvalue weighted by atomic mass is 10.2. The van der Waals surface area contributed by atoms with E-state index in [1.54, 1.807) is 18.6 Å². The van der Waals surface area contributed by atoms with Gasteiger partial charge in [-0.3, -0.25) is 4.98 Å². The van der Waals surface area contributed by atoms with Crippen LogP contribution in [0.25, 0.3) is 11.3 Å². The molecule has 15 heavy (non-hydrogen) atoms. The van der Waals surface area contributed by atoms with Crippen LogP contribution in [0.3, 0.4) is 0 Å². The summed E-state index contributed by atoms with van der Waals surface area (Å²) in [4.78, 5) is 8.10. The SMILES string of the molecule is NCCc1ncc(-c2ccncc2)nn1. The summed E-state index contributed by atoms with van der Waals surface area (Å²) < 4.78 is 0. The van der Waals surface area contributed by atoms with Crippen LogP contribution in [-0.2, 0) is 6.42 Å². The van der Waals surface area contributed by atoms with Gasteiger partial charge in [-0.2, -0.15) is 0 Å². The third-order valence-corrected chi connectivity index (χ3v) is 1.95. The molecule has 2 heterocycles. The van der Waals surface area contributed by atoms with E-state index in [0.717, 1.165) is 11.3 Å². The molecule has 76 valence electrons. The molecule has 0 aliphatic heterocycles. The first-order chi connectivity index (χ1) is 7.40. The minimum absolute atomic E-state index is 0.538. The summed E-state index contributed by atoms with van der Waals surface area (Å²) in [7, 11) is 0. The smallest absolute Gasteiger partial charge is 0.152 e. The van der Waals surface area contributed by atoms with E-state index in [0.29, 0.717) is 18.8 Å². The lowest BCUT2D eigenvalue weighted by Crippen LogP contribution is -2.07. The van der Waals surface area contributed by atoms with E-state index in [9.17, 15) is 0 Å². The Morgan fingerprint density at radius 3 is 2.53 bits per heavy atom. The molecule has 0 unspecified atom stereocenters. The quantitative estimate of drug-likeness (QED) is 0.779. The van der Waals surface area contributed by atoms with Gasteiger partial charge in [-0.15, -0.1) is 10.2 Å². The van der Waals surface area contributed by atoms with E-state index in [4.69, 9.17) is 5.73 Å². The summed E-state index contributed by atoms with van der Waals surface area (Å²) in [5.74, 6) is 0.676. The van der Waals surface area contributed by atoms with Gasteiger partial charge in [-0.25, -0.2) is 4.98 Å². The van der Waals surface area contributed by atoms with Gasteiger partial charge in [-0.05, 0) is 18.7 Å². The Balaban J connectivity index is 2.24. The largest absolute Gasteiger partial charge is 0.330 e. The third kappa shape index (κ3) is 2.32. The number of nitrogens with zero attached hydrogens (tertiary/aromatic N) is 4.